The first-order valence-corrected chi connectivity index (χ1v) is 6.31. The number of hydrogen-bond donors (Lipinski definition) is 0. The molecular weight excluding hydrogens is 250 g/mol. The predicted octanol–water partition coefficient (Wildman–Crippen LogP) is 4.11. The molecule has 0 spiro atoms. The molecule has 2 rings (SSSR count). The van der Waals surface area contributed by atoms with E-state index in [-0.39, 0.29) is 6.61 Å². The van der Waals surface area contributed by atoms with Crippen molar-refractivity contribution in [2.45, 2.75) is 6.61 Å². The molecule has 100 valence electrons. The molecule has 0 aliphatic rings. The van der Waals surface area contributed by atoms with Crippen LogP contribution in [0.15, 0.2) is 71.7 Å². The highest BCUT2D eigenvalue weighted by Gasteiger charge is 1.98. The number of nitrogens with zero attached hydrogens (tertiary/aromatic N) is 1. The first kappa shape index (κ1) is 13.7. The van der Waals surface area contributed by atoms with Crippen molar-refractivity contribution in [3.8, 4) is 0 Å². The predicted molar refractivity (Wildman–Crippen MR) is 80.6 cm³/mol. The molecule has 3 nitrogen and oxygen atoms in total. The van der Waals surface area contributed by atoms with E-state index in [4.69, 9.17) is 4.74 Å². The highest BCUT2D eigenvalue weighted by Crippen LogP contribution is 2.02. The van der Waals surface area contributed by atoms with Gasteiger partial charge in [-0.2, -0.15) is 4.99 Å². The average Bonchev–Trinajstić information content (AvgIpc) is 2.52. The molecule has 0 aromatic heterocycles. The molecule has 0 saturated carbocycles. The monoisotopic (exact) mass is 265 g/mol. The molecule has 2 aromatic carbocycles. The number of hydrogen-bond acceptors (Lipinski definition) is 2. The number of carbonyl (C=O) groups excluding carboxylic acids is 1. The summed E-state index contributed by atoms with van der Waals surface area (Å²) in [6, 6.07) is 19.3. The Hall–Kier alpha value is -2.68. The number of aliphatic imine (C=N–C) groups is 1. The van der Waals surface area contributed by atoms with Crippen molar-refractivity contribution in [2.75, 3.05) is 0 Å². The lowest BCUT2D eigenvalue weighted by molar-refractivity contribution is 0.151. The van der Waals surface area contributed by atoms with Gasteiger partial charge < -0.3 is 4.74 Å². The van der Waals surface area contributed by atoms with E-state index in [1.165, 1.54) is 6.21 Å². The van der Waals surface area contributed by atoms with E-state index in [9.17, 15) is 4.79 Å². The summed E-state index contributed by atoms with van der Waals surface area (Å²) in [6.07, 6.45) is 4.42. The Bertz CT molecular complexity index is 589. The van der Waals surface area contributed by atoms with Crippen LogP contribution in [0.5, 0.6) is 0 Å². The van der Waals surface area contributed by atoms with Gasteiger partial charge in [-0.15, -0.1) is 0 Å². The zero-order chi connectivity index (χ0) is 14.0. The Morgan fingerprint density at radius 2 is 1.65 bits per heavy atom. The second-order valence-electron chi connectivity index (χ2n) is 4.09. The van der Waals surface area contributed by atoms with Crippen LogP contribution in [0.1, 0.15) is 11.1 Å². The maximum absolute atomic E-state index is 11.4. The molecule has 1 amide bonds. The van der Waals surface area contributed by atoms with Crippen molar-refractivity contribution in [3.63, 3.8) is 0 Å². The van der Waals surface area contributed by atoms with Gasteiger partial charge in [-0.05, 0) is 17.2 Å². The number of amides is 1. The fourth-order valence-corrected chi connectivity index (χ4v) is 1.58. The summed E-state index contributed by atoms with van der Waals surface area (Å²) < 4.78 is 5.01. The summed E-state index contributed by atoms with van der Waals surface area (Å²) in [5.41, 5.74) is 1.99. The van der Waals surface area contributed by atoms with Gasteiger partial charge >= 0.3 is 6.09 Å². The second-order valence-corrected chi connectivity index (χ2v) is 4.09. The third-order valence-electron chi connectivity index (χ3n) is 2.56. The van der Waals surface area contributed by atoms with Crippen molar-refractivity contribution >= 4 is 18.4 Å². The number of carbonyl (C=O) groups is 1. The van der Waals surface area contributed by atoms with Gasteiger partial charge in [0.2, 0.25) is 0 Å². The average molecular weight is 265 g/mol. The van der Waals surface area contributed by atoms with Crippen LogP contribution in [-0.2, 0) is 11.3 Å². The van der Waals surface area contributed by atoms with Gasteiger partial charge in [0, 0.05) is 6.21 Å². The van der Waals surface area contributed by atoms with Crippen molar-refractivity contribution in [2.24, 2.45) is 4.99 Å². The van der Waals surface area contributed by atoms with Crippen LogP contribution in [-0.4, -0.2) is 12.3 Å². The molecule has 0 bridgehead atoms. The molecule has 0 fully saturated rings. The molecule has 0 unspecified atom stereocenters. The largest absolute Gasteiger partial charge is 0.443 e. The highest BCUT2D eigenvalue weighted by atomic mass is 16.5. The standard InChI is InChI=1S/C17H15NO2/c19-17(20-14-16-10-5-2-6-11-16)18-13-7-12-15-8-3-1-4-9-15/h1-13H,14H2/b12-7+,18-13+. The van der Waals surface area contributed by atoms with Crippen molar-refractivity contribution in [3.05, 3.63) is 77.9 Å². The molecule has 0 heterocycles. The molecule has 0 atom stereocenters. The fourth-order valence-electron chi connectivity index (χ4n) is 1.58. The molecule has 0 N–H and O–H groups in total. The van der Waals surface area contributed by atoms with Crippen LogP contribution in [0.25, 0.3) is 6.08 Å². The van der Waals surface area contributed by atoms with Gasteiger partial charge in [0.05, 0.1) is 0 Å². The molecule has 0 radical (unpaired) electrons. The lowest BCUT2D eigenvalue weighted by Crippen LogP contribution is -1.98. The Labute approximate surface area is 118 Å². The minimum absolute atomic E-state index is 0.236. The van der Waals surface area contributed by atoms with Crippen LogP contribution in [0.3, 0.4) is 0 Å². The maximum Gasteiger partial charge on any atom is 0.433 e. The summed E-state index contributed by atoms with van der Waals surface area (Å²) in [5.74, 6) is 0. The number of allylic oxidation sites excluding steroid dienone is 1. The zero-order valence-electron chi connectivity index (χ0n) is 11.0. The number of ether oxygens (including phenoxy) is 1. The lowest BCUT2D eigenvalue weighted by Gasteiger charge is -2.00. The van der Waals surface area contributed by atoms with Crippen molar-refractivity contribution in [1.29, 1.82) is 0 Å². The van der Waals surface area contributed by atoms with E-state index >= 15 is 0 Å². The van der Waals surface area contributed by atoms with Crippen LogP contribution in [0, 0.1) is 0 Å². The topological polar surface area (TPSA) is 38.7 Å². The van der Waals surface area contributed by atoms with Crippen LogP contribution < -0.4 is 0 Å². The molecule has 2 aromatic rings. The first-order valence-electron chi connectivity index (χ1n) is 6.31. The Kier molecular flexibility index (Phi) is 5.28. The van der Waals surface area contributed by atoms with Crippen LogP contribution >= 0.6 is 0 Å². The zero-order valence-corrected chi connectivity index (χ0v) is 11.0. The fraction of sp³-hybridized carbons (Fsp3) is 0.0588. The van der Waals surface area contributed by atoms with E-state index in [2.05, 4.69) is 4.99 Å². The molecular formula is C17H15NO2. The summed E-state index contributed by atoms with van der Waals surface area (Å²) in [7, 11) is 0. The third-order valence-corrected chi connectivity index (χ3v) is 2.56. The quantitative estimate of drug-likeness (QED) is 0.780. The maximum atomic E-state index is 11.4. The minimum Gasteiger partial charge on any atom is -0.443 e. The van der Waals surface area contributed by atoms with Crippen LogP contribution in [0.4, 0.5) is 4.79 Å². The second kappa shape index (κ2) is 7.69. The highest BCUT2D eigenvalue weighted by molar-refractivity contribution is 5.87. The summed E-state index contributed by atoms with van der Waals surface area (Å²) >= 11 is 0. The molecule has 20 heavy (non-hydrogen) atoms. The van der Waals surface area contributed by atoms with Gasteiger partial charge in [0.25, 0.3) is 0 Å². The molecule has 0 saturated heterocycles. The SMILES string of the molecule is O=C(/N=C/C=C/c1ccccc1)OCc1ccccc1. The van der Waals surface area contributed by atoms with Gasteiger partial charge in [0.1, 0.15) is 6.61 Å². The summed E-state index contributed by atoms with van der Waals surface area (Å²) in [4.78, 5) is 15.1. The Morgan fingerprint density at radius 1 is 1.00 bits per heavy atom. The van der Waals surface area contributed by atoms with E-state index in [0.29, 0.717) is 0 Å². The van der Waals surface area contributed by atoms with E-state index in [1.54, 1.807) is 6.08 Å². The van der Waals surface area contributed by atoms with E-state index in [0.717, 1.165) is 11.1 Å². The molecule has 0 aliphatic heterocycles. The lowest BCUT2D eigenvalue weighted by atomic mass is 10.2. The van der Waals surface area contributed by atoms with Crippen molar-refractivity contribution in [1.82, 2.24) is 0 Å². The van der Waals surface area contributed by atoms with Gasteiger partial charge in [-0.1, -0.05) is 66.7 Å². The normalized spacial score (nSPS) is 11.0. The van der Waals surface area contributed by atoms with E-state index in [1.807, 2.05) is 66.7 Å². The Balaban J connectivity index is 1.77. The smallest absolute Gasteiger partial charge is 0.433 e. The van der Waals surface area contributed by atoms with Gasteiger partial charge in [-0.25, -0.2) is 4.79 Å². The summed E-state index contributed by atoms with van der Waals surface area (Å²) in [5, 5.41) is 0. The number of benzene rings is 2. The number of rotatable bonds is 4. The van der Waals surface area contributed by atoms with Crippen LogP contribution in [0.2, 0.25) is 0 Å². The van der Waals surface area contributed by atoms with E-state index < -0.39 is 6.09 Å². The van der Waals surface area contributed by atoms with Gasteiger partial charge in [-0.3, -0.25) is 0 Å². The Morgan fingerprint density at radius 3 is 2.35 bits per heavy atom. The molecule has 0 aliphatic carbocycles. The summed E-state index contributed by atoms with van der Waals surface area (Å²) in [6.45, 7) is 0.236. The minimum atomic E-state index is -0.591. The molecule has 3 heteroatoms. The van der Waals surface area contributed by atoms with Gasteiger partial charge in [0.15, 0.2) is 0 Å². The first-order chi connectivity index (χ1) is 9.84. The third kappa shape index (κ3) is 4.90. The van der Waals surface area contributed by atoms with Crippen molar-refractivity contribution < 1.29 is 9.53 Å².